The second-order valence-electron chi connectivity index (χ2n) is 6.36. The number of benzene rings is 1. The highest BCUT2D eigenvalue weighted by molar-refractivity contribution is 5.85. The van der Waals surface area contributed by atoms with Crippen molar-refractivity contribution in [3.8, 4) is 5.75 Å². The zero-order valence-electron chi connectivity index (χ0n) is 14.2. The van der Waals surface area contributed by atoms with Crippen LogP contribution in [0.1, 0.15) is 18.4 Å². The number of pyridine rings is 2. The molecule has 0 saturated heterocycles. The van der Waals surface area contributed by atoms with E-state index in [1.165, 1.54) is 12.3 Å². The largest absolute Gasteiger partial charge is 0.489 e. The quantitative estimate of drug-likeness (QED) is 0.659. The molecule has 8 heteroatoms. The summed E-state index contributed by atoms with van der Waals surface area (Å²) in [6, 6.07) is 6.13. The lowest BCUT2D eigenvalue weighted by molar-refractivity contribution is 0.0833. The Bertz CT molecular complexity index is 951. The molecule has 0 spiro atoms. The second-order valence-corrected chi connectivity index (χ2v) is 6.36. The predicted octanol–water partition coefficient (Wildman–Crippen LogP) is 4.17. The summed E-state index contributed by atoms with van der Waals surface area (Å²) in [5.74, 6) is -2.22. The van der Waals surface area contributed by atoms with Crippen molar-refractivity contribution < 1.29 is 17.9 Å². The van der Waals surface area contributed by atoms with E-state index in [4.69, 9.17) is 4.74 Å². The van der Waals surface area contributed by atoms with Crippen LogP contribution in [-0.4, -0.2) is 22.1 Å². The van der Waals surface area contributed by atoms with Crippen LogP contribution < -0.4 is 10.1 Å². The Labute approximate surface area is 160 Å². The monoisotopic (exact) mass is 395 g/mol. The van der Waals surface area contributed by atoms with Gasteiger partial charge in [0.25, 0.3) is 0 Å². The van der Waals surface area contributed by atoms with E-state index in [1.807, 2.05) is 0 Å². The van der Waals surface area contributed by atoms with Crippen LogP contribution in [0, 0.1) is 17.6 Å². The van der Waals surface area contributed by atoms with Crippen molar-refractivity contribution in [3.63, 3.8) is 0 Å². The number of halogens is 4. The molecule has 0 radical (unpaired) electrons. The minimum absolute atomic E-state index is 0. The average Bonchev–Trinajstić information content (AvgIpc) is 2.61. The molecule has 4 rings (SSSR count). The van der Waals surface area contributed by atoms with Crippen LogP contribution in [0.2, 0.25) is 0 Å². The van der Waals surface area contributed by atoms with E-state index in [1.54, 1.807) is 24.5 Å². The van der Waals surface area contributed by atoms with Gasteiger partial charge < -0.3 is 10.1 Å². The molecular weight excluding hydrogens is 379 g/mol. The molecule has 1 N–H and O–H groups in total. The Morgan fingerprint density at radius 3 is 2.67 bits per heavy atom. The molecule has 0 bridgehead atoms. The standard InChI is InChI=1S/C19H16F3N3O.ClH/c20-17-2-1-11-8-23-4-3-15(11)16(17)10-24-12-5-13(6-12)26-14-7-18(21)19(22)25-9-14;/h1-4,7-9,12-13,24H,5-6,10H2;1H. The van der Waals surface area contributed by atoms with Gasteiger partial charge in [0.2, 0.25) is 5.95 Å². The Hall–Kier alpha value is -2.38. The third-order valence-electron chi connectivity index (χ3n) is 4.61. The molecule has 1 aliphatic rings. The Morgan fingerprint density at radius 2 is 1.89 bits per heavy atom. The molecule has 3 aromatic rings. The summed E-state index contributed by atoms with van der Waals surface area (Å²) < 4.78 is 45.7. The number of nitrogens with one attached hydrogen (secondary N) is 1. The lowest BCUT2D eigenvalue weighted by Gasteiger charge is -2.36. The molecule has 0 aliphatic heterocycles. The zero-order chi connectivity index (χ0) is 18.1. The van der Waals surface area contributed by atoms with E-state index in [0.717, 1.165) is 16.8 Å². The van der Waals surface area contributed by atoms with E-state index in [-0.39, 0.29) is 36.1 Å². The fourth-order valence-corrected chi connectivity index (χ4v) is 3.12. The summed E-state index contributed by atoms with van der Waals surface area (Å²) in [6.07, 6.45) is 5.83. The summed E-state index contributed by atoms with van der Waals surface area (Å²) in [4.78, 5) is 7.35. The molecule has 1 aliphatic carbocycles. The first kappa shape index (κ1) is 19.4. The van der Waals surface area contributed by atoms with Crippen LogP contribution in [-0.2, 0) is 6.54 Å². The molecule has 1 saturated carbocycles. The van der Waals surface area contributed by atoms with Crippen LogP contribution in [0.3, 0.4) is 0 Å². The number of nitrogens with zero attached hydrogens (tertiary/aromatic N) is 2. The third-order valence-corrected chi connectivity index (χ3v) is 4.61. The van der Waals surface area contributed by atoms with Crippen molar-refractivity contribution >= 4 is 23.2 Å². The molecule has 0 amide bonds. The number of ether oxygens (including phenoxy) is 1. The number of hydrogen-bond acceptors (Lipinski definition) is 4. The van der Waals surface area contributed by atoms with Gasteiger partial charge in [0.15, 0.2) is 5.82 Å². The van der Waals surface area contributed by atoms with E-state index in [0.29, 0.717) is 24.9 Å². The van der Waals surface area contributed by atoms with Gasteiger partial charge in [-0.1, -0.05) is 0 Å². The van der Waals surface area contributed by atoms with Crippen molar-refractivity contribution in [2.75, 3.05) is 0 Å². The fourth-order valence-electron chi connectivity index (χ4n) is 3.12. The smallest absolute Gasteiger partial charge is 0.249 e. The first-order valence-electron chi connectivity index (χ1n) is 8.32. The van der Waals surface area contributed by atoms with Crippen LogP contribution >= 0.6 is 12.4 Å². The van der Waals surface area contributed by atoms with Crippen molar-refractivity contribution in [1.29, 1.82) is 0 Å². The van der Waals surface area contributed by atoms with Crippen LogP contribution in [0.5, 0.6) is 5.75 Å². The average molecular weight is 396 g/mol. The molecule has 1 fully saturated rings. The van der Waals surface area contributed by atoms with Crippen molar-refractivity contribution in [2.24, 2.45) is 0 Å². The topological polar surface area (TPSA) is 47.0 Å². The van der Waals surface area contributed by atoms with Gasteiger partial charge in [-0.15, -0.1) is 12.4 Å². The van der Waals surface area contributed by atoms with E-state index >= 15 is 0 Å². The first-order valence-corrected chi connectivity index (χ1v) is 8.32. The van der Waals surface area contributed by atoms with Gasteiger partial charge in [0.1, 0.15) is 17.7 Å². The molecule has 1 aromatic carbocycles. The van der Waals surface area contributed by atoms with Gasteiger partial charge in [-0.25, -0.2) is 13.8 Å². The number of fused-ring (bicyclic) bond motifs is 1. The minimum Gasteiger partial charge on any atom is -0.489 e. The number of aromatic nitrogens is 2. The van der Waals surface area contributed by atoms with Gasteiger partial charge >= 0.3 is 0 Å². The summed E-state index contributed by atoms with van der Waals surface area (Å²) >= 11 is 0. The molecule has 0 atom stereocenters. The molecule has 2 heterocycles. The van der Waals surface area contributed by atoms with Crippen molar-refractivity contribution in [1.82, 2.24) is 15.3 Å². The van der Waals surface area contributed by atoms with Crippen LogP contribution in [0.15, 0.2) is 42.9 Å². The highest BCUT2D eigenvalue weighted by atomic mass is 35.5. The first-order chi connectivity index (χ1) is 12.6. The maximum absolute atomic E-state index is 14.2. The van der Waals surface area contributed by atoms with Crippen LogP contribution in [0.25, 0.3) is 10.8 Å². The minimum atomic E-state index is -1.14. The summed E-state index contributed by atoms with van der Waals surface area (Å²) in [7, 11) is 0. The van der Waals surface area contributed by atoms with Crippen molar-refractivity contribution in [3.05, 3.63) is 66.0 Å². The molecule has 4 nitrogen and oxygen atoms in total. The Morgan fingerprint density at radius 1 is 1.07 bits per heavy atom. The maximum Gasteiger partial charge on any atom is 0.249 e. The van der Waals surface area contributed by atoms with Crippen molar-refractivity contribution in [2.45, 2.75) is 31.5 Å². The van der Waals surface area contributed by atoms with Gasteiger partial charge in [-0.3, -0.25) is 4.98 Å². The maximum atomic E-state index is 14.2. The molecular formula is C19H17ClF3N3O. The summed E-state index contributed by atoms with van der Waals surface area (Å²) in [5, 5.41) is 5.05. The number of rotatable bonds is 5. The lowest BCUT2D eigenvalue weighted by Crippen LogP contribution is -2.46. The highest BCUT2D eigenvalue weighted by Crippen LogP contribution is 2.27. The van der Waals surface area contributed by atoms with Gasteiger partial charge in [0, 0.05) is 42.0 Å². The predicted molar refractivity (Wildman–Crippen MR) is 97.4 cm³/mol. The molecule has 27 heavy (non-hydrogen) atoms. The Balaban J connectivity index is 0.00000210. The second kappa shape index (κ2) is 8.10. The molecule has 142 valence electrons. The summed E-state index contributed by atoms with van der Waals surface area (Å²) in [5.41, 5.74) is 0.610. The van der Waals surface area contributed by atoms with Gasteiger partial charge in [-0.05, 0) is 36.4 Å². The highest BCUT2D eigenvalue weighted by Gasteiger charge is 2.31. The zero-order valence-corrected chi connectivity index (χ0v) is 15.0. The Kier molecular flexibility index (Phi) is 5.82. The van der Waals surface area contributed by atoms with Crippen LogP contribution in [0.4, 0.5) is 13.2 Å². The molecule has 2 aromatic heterocycles. The van der Waals surface area contributed by atoms with E-state index in [9.17, 15) is 13.2 Å². The lowest BCUT2D eigenvalue weighted by atomic mass is 9.89. The normalized spacial score (nSPS) is 18.6. The third kappa shape index (κ3) is 4.14. The SMILES string of the molecule is Cl.Fc1cc(OC2CC(NCc3c(F)ccc4cnccc34)C2)cnc1F. The van der Waals surface area contributed by atoms with E-state index in [2.05, 4.69) is 15.3 Å². The summed E-state index contributed by atoms with van der Waals surface area (Å²) in [6.45, 7) is 0.400. The van der Waals surface area contributed by atoms with E-state index < -0.39 is 11.8 Å². The van der Waals surface area contributed by atoms with Gasteiger partial charge in [-0.2, -0.15) is 4.39 Å². The fraction of sp³-hybridized carbons (Fsp3) is 0.263. The number of hydrogen-bond donors (Lipinski definition) is 1. The van der Waals surface area contributed by atoms with Gasteiger partial charge in [0.05, 0.1) is 6.20 Å². The molecule has 0 unspecified atom stereocenters.